The van der Waals surface area contributed by atoms with E-state index in [4.69, 9.17) is 15.3 Å². The molecule has 3 rings (SSSR count). The van der Waals surface area contributed by atoms with Gasteiger partial charge in [-0.1, -0.05) is 12.1 Å². The largest absolute Gasteiger partial charge is 0.474 e. The first-order valence-electron chi connectivity index (χ1n) is 7.95. The van der Waals surface area contributed by atoms with Crippen LogP contribution in [0.15, 0.2) is 42.6 Å². The average molecular weight is 318 g/mol. The van der Waals surface area contributed by atoms with Gasteiger partial charge < -0.3 is 10.1 Å². The molecule has 2 aromatic rings. The van der Waals surface area contributed by atoms with Crippen molar-refractivity contribution in [2.75, 3.05) is 13.1 Å². The van der Waals surface area contributed by atoms with Gasteiger partial charge in [0.2, 0.25) is 5.88 Å². The zero-order valence-corrected chi connectivity index (χ0v) is 13.4. The molecule has 0 bridgehead atoms. The fraction of sp³-hybridized carbons (Fsp3) is 0.316. The maximum absolute atomic E-state index is 8.93. The molecule has 120 valence electrons. The van der Waals surface area contributed by atoms with Crippen molar-refractivity contribution < 1.29 is 4.74 Å². The van der Waals surface area contributed by atoms with Crippen molar-refractivity contribution in [2.24, 2.45) is 5.92 Å². The number of rotatable bonds is 4. The number of ether oxygens (including phenoxy) is 1. The highest BCUT2D eigenvalue weighted by Gasteiger charge is 2.33. The third-order valence-corrected chi connectivity index (χ3v) is 4.50. The highest BCUT2D eigenvalue weighted by atomic mass is 16.5. The summed E-state index contributed by atoms with van der Waals surface area (Å²) in [5.41, 5.74) is 2.41. The third kappa shape index (κ3) is 3.37. The fourth-order valence-electron chi connectivity index (χ4n) is 3.16. The molecule has 3 unspecified atom stereocenters. The molecule has 0 radical (unpaired) electrons. The van der Waals surface area contributed by atoms with Crippen LogP contribution in [0, 0.1) is 28.6 Å². The van der Waals surface area contributed by atoms with E-state index in [-0.39, 0.29) is 6.10 Å². The maximum Gasteiger partial charge on any atom is 0.213 e. The van der Waals surface area contributed by atoms with Crippen LogP contribution in [-0.2, 0) is 0 Å². The van der Waals surface area contributed by atoms with Crippen LogP contribution in [0.3, 0.4) is 0 Å². The number of hydrogen-bond donors (Lipinski definition) is 1. The Balaban J connectivity index is 1.71. The number of pyridine rings is 1. The van der Waals surface area contributed by atoms with Gasteiger partial charge in [0.1, 0.15) is 12.2 Å². The fourth-order valence-corrected chi connectivity index (χ4v) is 3.16. The van der Waals surface area contributed by atoms with Gasteiger partial charge in [0.05, 0.1) is 17.2 Å². The average Bonchev–Trinajstić information content (AvgIpc) is 3.12. The molecule has 0 aliphatic carbocycles. The Morgan fingerprint density at radius 3 is 2.42 bits per heavy atom. The van der Waals surface area contributed by atoms with Gasteiger partial charge in [-0.3, -0.25) is 0 Å². The molecule has 5 heteroatoms. The van der Waals surface area contributed by atoms with Gasteiger partial charge in [-0.15, -0.1) is 0 Å². The Hall–Kier alpha value is -2.89. The van der Waals surface area contributed by atoms with Gasteiger partial charge in [-0.05, 0) is 30.7 Å². The molecule has 1 aromatic carbocycles. The van der Waals surface area contributed by atoms with Crippen LogP contribution < -0.4 is 10.1 Å². The van der Waals surface area contributed by atoms with E-state index in [1.807, 2.05) is 37.3 Å². The van der Waals surface area contributed by atoms with Crippen LogP contribution in [0.1, 0.15) is 29.5 Å². The summed E-state index contributed by atoms with van der Waals surface area (Å²) in [6.07, 6.45) is 1.51. The molecule has 1 fully saturated rings. The molecule has 0 saturated carbocycles. The van der Waals surface area contributed by atoms with Gasteiger partial charge in [0.25, 0.3) is 0 Å². The summed E-state index contributed by atoms with van der Waals surface area (Å²) in [7, 11) is 0. The van der Waals surface area contributed by atoms with E-state index in [9.17, 15) is 0 Å². The van der Waals surface area contributed by atoms with Crippen LogP contribution in [0.5, 0.6) is 5.88 Å². The van der Waals surface area contributed by atoms with E-state index in [0.717, 1.165) is 13.1 Å². The lowest BCUT2D eigenvalue weighted by Crippen LogP contribution is -2.29. The number of benzene rings is 1. The van der Waals surface area contributed by atoms with Crippen LogP contribution in [-0.4, -0.2) is 24.2 Å². The zero-order valence-electron chi connectivity index (χ0n) is 13.4. The van der Waals surface area contributed by atoms with Crippen LogP contribution >= 0.6 is 0 Å². The van der Waals surface area contributed by atoms with E-state index in [1.165, 1.54) is 11.8 Å². The second-order valence-electron chi connectivity index (χ2n) is 5.98. The molecule has 1 aliphatic rings. The number of hydrogen-bond acceptors (Lipinski definition) is 5. The summed E-state index contributed by atoms with van der Waals surface area (Å²) in [5.74, 6) is 1.19. The highest BCUT2D eigenvalue weighted by molar-refractivity contribution is 5.34. The Bertz CT molecular complexity index is 771. The van der Waals surface area contributed by atoms with Crippen molar-refractivity contribution in [3.05, 3.63) is 59.3 Å². The third-order valence-electron chi connectivity index (χ3n) is 4.50. The molecule has 1 N–H and O–H groups in total. The summed E-state index contributed by atoms with van der Waals surface area (Å²) in [6.45, 7) is 3.82. The quantitative estimate of drug-likeness (QED) is 0.937. The van der Waals surface area contributed by atoms with E-state index < -0.39 is 0 Å². The van der Waals surface area contributed by atoms with Crippen LogP contribution in [0.4, 0.5) is 0 Å². The summed E-state index contributed by atoms with van der Waals surface area (Å²) in [6, 6.07) is 15.4. The molecule has 3 atom stereocenters. The predicted octanol–water partition coefficient (Wildman–Crippen LogP) is 2.60. The molecular formula is C19H18N4O. The van der Waals surface area contributed by atoms with Gasteiger partial charge in [-0.2, -0.15) is 10.5 Å². The molecule has 1 aliphatic heterocycles. The number of nitrogens with one attached hydrogen (secondary N) is 1. The second kappa shape index (κ2) is 7.12. The minimum absolute atomic E-state index is 0.0129. The van der Waals surface area contributed by atoms with Crippen molar-refractivity contribution >= 4 is 0 Å². The number of nitriles is 2. The second-order valence-corrected chi connectivity index (χ2v) is 5.98. The van der Waals surface area contributed by atoms with Crippen molar-refractivity contribution in [2.45, 2.75) is 18.9 Å². The molecular weight excluding hydrogens is 300 g/mol. The molecule has 1 aromatic heterocycles. The Morgan fingerprint density at radius 2 is 1.79 bits per heavy atom. The Labute approximate surface area is 141 Å². The highest BCUT2D eigenvalue weighted by Crippen LogP contribution is 2.32. The summed E-state index contributed by atoms with van der Waals surface area (Å²) in [5, 5.41) is 21.2. The number of nitrogens with zero attached hydrogens (tertiary/aromatic N) is 3. The van der Waals surface area contributed by atoms with Gasteiger partial charge in [0.15, 0.2) is 0 Å². The number of aromatic nitrogens is 1. The molecule has 5 nitrogen and oxygen atoms in total. The molecule has 24 heavy (non-hydrogen) atoms. The minimum Gasteiger partial charge on any atom is -0.474 e. The normalized spacial score (nSPS) is 20.8. The van der Waals surface area contributed by atoms with Crippen molar-refractivity contribution in [1.82, 2.24) is 10.3 Å². The van der Waals surface area contributed by atoms with E-state index >= 15 is 0 Å². The van der Waals surface area contributed by atoms with E-state index in [0.29, 0.717) is 28.8 Å². The van der Waals surface area contributed by atoms with E-state index in [2.05, 4.69) is 16.4 Å². The first kappa shape index (κ1) is 16.0. The van der Waals surface area contributed by atoms with Crippen LogP contribution in [0.25, 0.3) is 0 Å². The summed E-state index contributed by atoms with van der Waals surface area (Å²) < 4.78 is 5.98. The standard InChI is InChI=1S/C19H18N4O/c1-13(24-19-7-4-15(9-21)10-23-19)17-11-22-12-18(17)16-5-2-14(8-20)3-6-16/h2-7,10,13,17-18,22H,11-12H2,1H3. The molecule has 0 spiro atoms. The summed E-state index contributed by atoms with van der Waals surface area (Å²) in [4.78, 5) is 4.18. The topological polar surface area (TPSA) is 81.7 Å². The van der Waals surface area contributed by atoms with E-state index in [1.54, 1.807) is 12.1 Å². The molecule has 2 heterocycles. The van der Waals surface area contributed by atoms with Crippen molar-refractivity contribution in [3.63, 3.8) is 0 Å². The monoisotopic (exact) mass is 318 g/mol. The Morgan fingerprint density at radius 1 is 1.08 bits per heavy atom. The minimum atomic E-state index is -0.0129. The lowest BCUT2D eigenvalue weighted by molar-refractivity contribution is 0.145. The molecule has 1 saturated heterocycles. The van der Waals surface area contributed by atoms with Crippen molar-refractivity contribution in [3.8, 4) is 18.0 Å². The first-order valence-corrected chi connectivity index (χ1v) is 7.95. The van der Waals surface area contributed by atoms with Gasteiger partial charge in [-0.25, -0.2) is 4.98 Å². The predicted molar refractivity (Wildman–Crippen MR) is 89.3 cm³/mol. The Kier molecular flexibility index (Phi) is 4.74. The maximum atomic E-state index is 8.93. The van der Waals surface area contributed by atoms with Crippen LogP contribution in [0.2, 0.25) is 0 Å². The van der Waals surface area contributed by atoms with Gasteiger partial charge >= 0.3 is 0 Å². The lowest BCUT2D eigenvalue weighted by atomic mass is 9.85. The molecule has 0 amide bonds. The smallest absolute Gasteiger partial charge is 0.213 e. The SMILES string of the molecule is CC(Oc1ccc(C#N)cn1)C1CNCC1c1ccc(C#N)cc1. The summed E-state index contributed by atoms with van der Waals surface area (Å²) >= 11 is 0. The lowest BCUT2D eigenvalue weighted by Gasteiger charge is -2.25. The zero-order chi connectivity index (χ0) is 16.9. The van der Waals surface area contributed by atoms with Crippen molar-refractivity contribution in [1.29, 1.82) is 10.5 Å². The van der Waals surface area contributed by atoms with Gasteiger partial charge in [0, 0.05) is 37.2 Å². The first-order chi connectivity index (χ1) is 11.7.